The summed E-state index contributed by atoms with van der Waals surface area (Å²) in [7, 11) is 13.5. The molecule has 0 amide bonds. The van der Waals surface area contributed by atoms with Gasteiger partial charge in [-0.25, -0.2) is 12.1 Å². The average molecular weight is 386 g/mol. The first-order chi connectivity index (χ1) is 11.1. The quantitative estimate of drug-likeness (QED) is 0.367. The summed E-state index contributed by atoms with van der Waals surface area (Å²) in [6, 6.07) is 18.6. The second-order valence-corrected chi connectivity index (χ2v) is 8.52. The predicted octanol–water partition coefficient (Wildman–Crippen LogP) is 5.12. The van der Waals surface area contributed by atoms with Crippen LogP contribution in [0.4, 0.5) is 0 Å². The van der Waals surface area contributed by atoms with Crippen molar-refractivity contribution in [3.8, 4) is 0 Å². The van der Waals surface area contributed by atoms with E-state index in [1.54, 1.807) is 0 Å². The van der Waals surface area contributed by atoms with Gasteiger partial charge in [0.2, 0.25) is 0 Å². The Morgan fingerprint density at radius 2 is 1.16 bits per heavy atom. The van der Waals surface area contributed by atoms with E-state index in [1.807, 2.05) is 0 Å². The summed E-state index contributed by atoms with van der Waals surface area (Å²) in [5.74, 6) is 0. The van der Waals surface area contributed by atoms with Crippen LogP contribution < -0.4 is 0 Å². The normalized spacial score (nSPS) is 14.1. The summed E-state index contributed by atoms with van der Waals surface area (Å²) in [4.78, 5) is 0. The van der Waals surface area contributed by atoms with Crippen molar-refractivity contribution in [1.82, 2.24) is 0 Å². The maximum Gasteiger partial charge on any atom is 0.0705 e. The minimum Gasteiger partial charge on any atom is -0.747 e. The molecular formula is C22H38FeN2-4. The largest absolute Gasteiger partial charge is 0.747 e. The standard InChI is InChI=1S/2C11H19N.Fe/c2*1-5-11(12(2,3)4)10-8-6-7-9-10;/h2*6-9,11H,5H2,1-4H3;/q;-4;. The summed E-state index contributed by atoms with van der Waals surface area (Å²) >= 11 is 0. The Labute approximate surface area is 166 Å². The van der Waals surface area contributed by atoms with E-state index in [2.05, 4.69) is 105 Å². The molecule has 2 unspecified atom stereocenters. The van der Waals surface area contributed by atoms with Crippen LogP contribution in [-0.4, -0.2) is 51.3 Å². The molecule has 0 N–H and O–H groups in total. The van der Waals surface area contributed by atoms with Crippen molar-refractivity contribution < 1.29 is 26.0 Å². The van der Waals surface area contributed by atoms with Crippen LogP contribution in [0.15, 0.2) is 48.5 Å². The fourth-order valence-corrected chi connectivity index (χ4v) is 3.68. The van der Waals surface area contributed by atoms with Gasteiger partial charge in [0, 0.05) is 17.1 Å². The van der Waals surface area contributed by atoms with Gasteiger partial charge in [-0.3, -0.25) is 0 Å². The molecule has 0 saturated carbocycles. The van der Waals surface area contributed by atoms with Crippen molar-refractivity contribution in [1.29, 1.82) is 0 Å². The van der Waals surface area contributed by atoms with Crippen LogP contribution in [0.3, 0.4) is 0 Å². The first-order valence-electron chi connectivity index (χ1n) is 9.16. The Morgan fingerprint density at radius 1 is 0.760 bits per heavy atom. The van der Waals surface area contributed by atoms with Crippen LogP contribution in [0.5, 0.6) is 0 Å². The molecule has 0 saturated heterocycles. The Hall–Kier alpha value is -0.861. The number of rotatable bonds is 6. The average Bonchev–Trinajstić information content (AvgIpc) is 3.11. The number of quaternary nitrogens is 2. The molecule has 2 nitrogen and oxygen atoms in total. The zero-order valence-corrected chi connectivity index (χ0v) is 18.5. The number of nitrogens with zero attached hydrogens (tertiary/aromatic N) is 2. The molecule has 3 heteroatoms. The number of hydrogen-bond acceptors (Lipinski definition) is 0. The van der Waals surface area contributed by atoms with Gasteiger partial charge in [-0.1, -0.05) is 19.9 Å². The minimum absolute atomic E-state index is 0. The molecule has 0 aromatic heterocycles. The zero-order chi connectivity index (χ0) is 18.4. The van der Waals surface area contributed by atoms with Gasteiger partial charge in [0.1, 0.15) is 0 Å². The Bertz CT molecular complexity index is 490. The Kier molecular flexibility index (Phi) is 9.97. The molecule has 0 bridgehead atoms. The van der Waals surface area contributed by atoms with Crippen LogP contribution in [0, 0.1) is 0 Å². The van der Waals surface area contributed by atoms with Crippen molar-refractivity contribution in [3.05, 3.63) is 59.7 Å². The van der Waals surface area contributed by atoms with Gasteiger partial charge in [0.05, 0.1) is 48.3 Å². The molecule has 25 heavy (non-hydrogen) atoms. The zero-order valence-electron chi connectivity index (χ0n) is 17.4. The van der Waals surface area contributed by atoms with Gasteiger partial charge in [0.25, 0.3) is 0 Å². The van der Waals surface area contributed by atoms with Crippen molar-refractivity contribution in [2.45, 2.75) is 38.8 Å². The molecule has 148 valence electrons. The summed E-state index contributed by atoms with van der Waals surface area (Å²) in [6.45, 7) is 4.50. The second-order valence-electron chi connectivity index (χ2n) is 8.52. The van der Waals surface area contributed by atoms with Crippen LogP contribution in [-0.2, 0) is 17.1 Å². The van der Waals surface area contributed by atoms with Crippen molar-refractivity contribution >= 4 is 0 Å². The molecule has 2 atom stereocenters. The summed E-state index contributed by atoms with van der Waals surface area (Å²) in [6.07, 6.45) is 2.40. The molecule has 2 aromatic rings. The van der Waals surface area contributed by atoms with Gasteiger partial charge >= 0.3 is 0 Å². The van der Waals surface area contributed by atoms with Crippen LogP contribution in [0.2, 0.25) is 0 Å². The third-order valence-corrected chi connectivity index (χ3v) is 4.79. The molecule has 2 aromatic carbocycles. The molecule has 0 aliphatic carbocycles. The SMILES string of the molecule is CCC([c-]1[cH-][cH-][cH-][cH-]1)[N+](C)(C)C.CCC([c-]1cccc1)[N+](C)(C)C.[Fe]. The van der Waals surface area contributed by atoms with Crippen molar-refractivity contribution in [3.63, 3.8) is 0 Å². The van der Waals surface area contributed by atoms with Gasteiger partial charge in [-0.15, -0.1) is 5.56 Å². The van der Waals surface area contributed by atoms with Crippen LogP contribution in [0.1, 0.15) is 49.9 Å². The molecule has 0 aliphatic heterocycles. The Morgan fingerprint density at radius 3 is 1.48 bits per heavy atom. The van der Waals surface area contributed by atoms with Crippen LogP contribution >= 0.6 is 0 Å². The monoisotopic (exact) mass is 386 g/mol. The summed E-state index contributed by atoms with van der Waals surface area (Å²) in [5.41, 5.74) is 2.93. The van der Waals surface area contributed by atoms with Gasteiger partial charge in [0.15, 0.2) is 0 Å². The first kappa shape index (κ1) is 24.1. The molecule has 0 radical (unpaired) electrons. The molecule has 0 aliphatic rings. The number of hydrogen-bond donors (Lipinski definition) is 0. The fourth-order valence-electron chi connectivity index (χ4n) is 3.68. The third kappa shape index (κ3) is 7.50. The van der Waals surface area contributed by atoms with E-state index >= 15 is 0 Å². The van der Waals surface area contributed by atoms with Crippen LogP contribution in [0.25, 0.3) is 0 Å². The first-order valence-corrected chi connectivity index (χ1v) is 9.16. The fraction of sp³-hybridized carbons (Fsp3) is 0.545. The van der Waals surface area contributed by atoms with Gasteiger partial charge in [-0.2, -0.15) is 12.1 Å². The summed E-state index contributed by atoms with van der Waals surface area (Å²) < 4.78 is 2.03. The molecular weight excluding hydrogens is 348 g/mol. The van der Waals surface area contributed by atoms with Gasteiger partial charge < -0.3 is 38.8 Å². The Balaban J connectivity index is 0.000000443. The molecule has 0 heterocycles. The third-order valence-electron chi connectivity index (χ3n) is 4.79. The maximum atomic E-state index is 2.25. The van der Waals surface area contributed by atoms with Crippen molar-refractivity contribution in [2.75, 3.05) is 42.3 Å². The predicted molar refractivity (Wildman–Crippen MR) is 106 cm³/mol. The van der Waals surface area contributed by atoms with E-state index in [-0.39, 0.29) is 17.1 Å². The molecule has 2 rings (SSSR count). The molecule has 0 fully saturated rings. The van der Waals surface area contributed by atoms with E-state index in [4.69, 9.17) is 0 Å². The summed E-state index contributed by atoms with van der Waals surface area (Å²) in [5, 5.41) is 0. The molecule has 0 spiro atoms. The maximum absolute atomic E-state index is 2.25. The minimum atomic E-state index is 0. The van der Waals surface area contributed by atoms with Crippen molar-refractivity contribution in [2.24, 2.45) is 0 Å². The smallest absolute Gasteiger partial charge is 0.0705 e. The second kappa shape index (κ2) is 10.3. The van der Waals surface area contributed by atoms with E-state index in [9.17, 15) is 0 Å². The van der Waals surface area contributed by atoms with E-state index in [0.29, 0.717) is 12.1 Å². The van der Waals surface area contributed by atoms with Gasteiger partial charge in [-0.05, 0) is 12.8 Å². The van der Waals surface area contributed by atoms with E-state index in [0.717, 1.165) is 8.97 Å². The van der Waals surface area contributed by atoms with E-state index < -0.39 is 0 Å². The van der Waals surface area contributed by atoms with E-state index in [1.165, 1.54) is 24.0 Å². The topological polar surface area (TPSA) is 0 Å².